The van der Waals surface area contributed by atoms with Crippen LogP contribution in [0.25, 0.3) is 0 Å². The van der Waals surface area contributed by atoms with Crippen LogP contribution in [-0.4, -0.2) is 31.0 Å². The smallest absolute Gasteiger partial charge is 0.303 e. The van der Waals surface area contributed by atoms with Crippen molar-refractivity contribution in [2.24, 2.45) is 17.8 Å². The zero-order valence-electron chi connectivity index (χ0n) is 18.4. The van der Waals surface area contributed by atoms with E-state index in [0.717, 1.165) is 31.2 Å². The van der Waals surface area contributed by atoms with Crippen molar-refractivity contribution in [2.75, 3.05) is 6.54 Å². The molecule has 6 nitrogen and oxygen atoms in total. The summed E-state index contributed by atoms with van der Waals surface area (Å²) in [6.45, 7) is 0.351. The normalized spacial score (nSPS) is 26.8. The highest BCUT2D eigenvalue weighted by molar-refractivity contribution is 7.89. The van der Waals surface area contributed by atoms with Crippen molar-refractivity contribution < 1.29 is 18.3 Å². The summed E-state index contributed by atoms with van der Waals surface area (Å²) in [7, 11) is -3.66. The van der Waals surface area contributed by atoms with Gasteiger partial charge in [0.2, 0.25) is 10.0 Å². The number of aromatic nitrogens is 1. The van der Waals surface area contributed by atoms with Crippen LogP contribution in [-0.2, 0) is 20.2 Å². The van der Waals surface area contributed by atoms with Crippen LogP contribution in [0.3, 0.4) is 0 Å². The molecule has 4 rings (SSSR count). The third-order valence-corrected chi connectivity index (χ3v) is 9.09. The number of nitrogens with zero attached hydrogens (tertiary/aromatic N) is 1. The molecule has 0 radical (unpaired) electrons. The fourth-order valence-corrected chi connectivity index (χ4v) is 7.13. The number of rotatable bonds is 10. The van der Waals surface area contributed by atoms with Crippen LogP contribution >= 0.6 is 11.6 Å². The molecule has 0 amide bonds. The third kappa shape index (κ3) is 5.00. The summed E-state index contributed by atoms with van der Waals surface area (Å²) >= 11 is 5.92. The number of benzene rings is 1. The molecule has 0 spiro atoms. The molecule has 2 aromatic rings. The molecule has 2 N–H and O–H groups in total. The van der Waals surface area contributed by atoms with E-state index in [4.69, 9.17) is 16.7 Å². The Kier molecular flexibility index (Phi) is 7.22. The number of aliphatic carboxylic acids is 1. The quantitative estimate of drug-likeness (QED) is 0.468. The van der Waals surface area contributed by atoms with Crippen LogP contribution in [0, 0.1) is 17.8 Å². The second-order valence-corrected chi connectivity index (χ2v) is 11.3. The summed E-state index contributed by atoms with van der Waals surface area (Å²) in [6.07, 6.45) is 12.3. The van der Waals surface area contributed by atoms with Crippen molar-refractivity contribution in [2.45, 2.75) is 48.8 Å². The lowest BCUT2D eigenvalue weighted by molar-refractivity contribution is -0.136. The Morgan fingerprint density at radius 2 is 2.00 bits per heavy atom. The van der Waals surface area contributed by atoms with Gasteiger partial charge in [-0.15, -0.1) is 0 Å². The van der Waals surface area contributed by atoms with Crippen LogP contribution < -0.4 is 4.72 Å². The van der Waals surface area contributed by atoms with E-state index in [1.807, 2.05) is 18.3 Å². The van der Waals surface area contributed by atoms with Crippen molar-refractivity contribution in [3.63, 3.8) is 0 Å². The number of fused-ring (bicyclic) bond motifs is 2. The Bertz CT molecular complexity index is 1100. The van der Waals surface area contributed by atoms with Gasteiger partial charge in [0.15, 0.2) is 0 Å². The number of allylic oxidation sites excluding steroid dienone is 2. The zero-order chi connectivity index (χ0) is 23.5. The summed E-state index contributed by atoms with van der Waals surface area (Å²) in [5, 5.41) is 9.41. The first-order valence-corrected chi connectivity index (χ1v) is 13.2. The molecule has 1 aromatic carbocycles. The second kappa shape index (κ2) is 9.95. The van der Waals surface area contributed by atoms with Crippen molar-refractivity contribution in [3.05, 3.63) is 71.5 Å². The van der Waals surface area contributed by atoms with Gasteiger partial charge in [-0.05, 0) is 85.8 Å². The Morgan fingerprint density at radius 1 is 1.21 bits per heavy atom. The maximum atomic E-state index is 13.0. The average molecular weight is 489 g/mol. The van der Waals surface area contributed by atoms with E-state index in [1.54, 1.807) is 18.3 Å². The molecule has 176 valence electrons. The molecule has 0 unspecified atom stereocenters. The SMILES string of the molecule is O=C(O)CC/C=C\C[C@@]1(c2cccnc2)[C@@H]2CC[C@@H](C2)[C@H]1CNS(=O)(=O)c1ccc(Cl)cc1. The standard InChI is InChI=1S/C25H29ClN2O4S/c26-21-9-11-22(12-10-21)33(31,32)28-17-23-18-7-8-19(15-18)25(23,20-5-4-14-27-16-20)13-3-1-2-6-24(29)30/h1,3-5,9-12,14,16,18-19,23,28H,2,6-8,13,15,17H2,(H,29,30)/b3-1-/t18-,19+,23+,25-/m0/s1. The minimum absolute atomic E-state index is 0.104. The molecule has 2 bridgehead atoms. The van der Waals surface area contributed by atoms with Gasteiger partial charge in [-0.1, -0.05) is 29.8 Å². The molecular weight excluding hydrogens is 460 g/mol. The van der Waals surface area contributed by atoms with Crippen molar-refractivity contribution in [1.82, 2.24) is 9.71 Å². The van der Waals surface area contributed by atoms with E-state index in [1.165, 1.54) is 12.1 Å². The van der Waals surface area contributed by atoms with Crippen molar-refractivity contribution in [1.29, 1.82) is 0 Å². The summed E-state index contributed by atoms with van der Waals surface area (Å²) in [4.78, 5) is 15.4. The van der Waals surface area contributed by atoms with E-state index >= 15 is 0 Å². The molecule has 8 heteroatoms. The molecule has 2 aliphatic rings. The summed E-state index contributed by atoms with van der Waals surface area (Å²) < 4.78 is 28.8. The predicted molar refractivity (Wildman–Crippen MR) is 128 cm³/mol. The Morgan fingerprint density at radius 3 is 2.70 bits per heavy atom. The fourth-order valence-electron chi connectivity index (χ4n) is 5.95. The highest BCUT2D eigenvalue weighted by atomic mass is 35.5. The minimum atomic E-state index is -3.66. The van der Waals surface area contributed by atoms with E-state index in [-0.39, 0.29) is 22.6 Å². The van der Waals surface area contributed by atoms with Crippen LogP contribution in [0.5, 0.6) is 0 Å². The van der Waals surface area contributed by atoms with Gasteiger partial charge >= 0.3 is 5.97 Å². The first-order valence-electron chi connectivity index (χ1n) is 11.4. The molecule has 4 atom stereocenters. The molecule has 0 aliphatic heterocycles. The minimum Gasteiger partial charge on any atom is -0.481 e. The summed E-state index contributed by atoms with van der Waals surface area (Å²) in [5.41, 5.74) is 0.912. The molecule has 2 fully saturated rings. The Hall–Kier alpha value is -2.22. The number of hydrogen-bond donors (Lipinski definition) is 2. The third-order valence-electron chi connectivity index (χ3n) is 7.40. The molecule has 2 aliphatic carbocycles. The highest BCUT2D eigenvalue weighted by Gasteiger charge is 2.58. The number of carboxylic acid groups (broad SMARTS) is 1. The van der Waals surface area contributed by atoms with E-state index in [0.29, 0.717) is 29.8 Å². The van der Waals surface area contributed by atoms with E-state index in [9.17, 15) is 13.2 Å². The number of hydrogen-bond acceptors (Lipinski definition) is 4. The van der Waals surface area contributed by atoms with Gasteiger partial charge in [0.1, 0.15) is 0 Å². The molecule has 0 saturated heterocycles. The van der Waals surface area contributed by atoms with Gasteiger partial charge in [-0.2, -0.15) is 0 Å². The molecular formula is C25H29ClN2O4S. The van der Waals surface area contributed by atoms with Crippen LogP contribution in [0.4, 0.5) is 0 Å². The zero-order valence-corrected chi connectivity index (χ0v) is 19.9. The monoisotopic (exact) mass is 488 g/mol. The lowest BCUT2D eigenvalue weighted by Crippen LogP contribution is -2.46. The Labute approximate surface area is 200 Å². The number of carboxylic acids is 1. The molecule has 2 saturated carbocycles. The van der Waals surface area contributed by atoms with Gasteiger partial charge in [0.25, 0.3) is 0 Å². The van der Waals surface area contributed by atoms with Gasteiger partial charge in [-0.25, -0.2) is 13.1 Å². The number of sulfonamides is 1. The fraction of sp³-hybridized carbons (Fsp3) is 0.440. The van der Waals surface area contributed by atoms with Gasteiger partial charge in [0.05, 0.1) is 4.90 Å². The first kappa shape index (κ1) is 23.9. The lowest BCUT2D eigenvalue weighted by Gasteiger charge is -2.44. The van der Waals surface area contributed by atoms with Gasteiger partial charge in [-0.3, -0.25) is 9.78 Å². The number of carbonyl (C=O) groups is 1. The van der Waals surface area contributed by atoms with Crippen LogP contribution in [0.15, 0.2) is 65.8 Å². The molecule has 33 heavy (non-hydrogen) atoms. The average Bonchev–Trinajstić information content (AvgIpc) is 3.39. The second-order valence-electron chi connectivity index (χ2n) is 9.07. The van der Waals surface area contributed by atoms with Gasteiger partial charge in [0, 0.05) is 35.8 Å². The van der Waals surface area contributed by atoms with Crippen LogP contribution in [0.2, 0.25) is 5.02 Å². The molecule has 1 aromatic heterocycles. The van der Waals surface area contributed by atoms with E-state index < -0.39 is 16.0 Å². The largest absolute Gasteiger partial charge is 0.481 e. The van der Waals surface area contributed by atoms with Crippen LogP contribution in [0.1, 0.15) is 44.1 Å². The Balaban J connectivity index is 1.60. The summed E-state index contributed by atoms with van der Waals surface area (Å²) in [6, 6.07) is 10.2. The maximum Gasteiger partial charge on any atom is 0.303 e. The topological polar surface area (TPSA) is 96.4 Å². The first-order chi connectivity index (χ1) is 15.8. The van der Waals surface area contributed by atoms with Crippen molar-refractivity contribution in [3.8, 4) is 0 Å². The van der Waals surface area contributed by atoms with E-state index in [2.05, 4.69) is 21.8 Å². The number of pyridine rings is 1. The summed E-state index contributed by atoms with van der Waals surface area (Å²) in [5.74, 6) is 0.207. The van der Waals surface area contributed by atoms with Crippen molar-refractivity contribution >= 4 is 27.6 Å². The number of halogens is 1. The number of nitrogens with one attached hydrogen (secondary N) is 1. The molecule has 1 heterocycles. The highest BCUT2D eigenvalue weighted by Crippen LogP contribution is 2.62. The maximum absolute atomic E-state index is 13.0. The lowest BCUT2D eigenvalue weighted by atomic mass is 9.60. The van der Waals surface area contributed by atoms with Gasteiger partial charge < -0.3 is 5.11 Å². The predicted octanol–water partition coefficient (Wildman–Crippen LogP) is 4.81.